The Labute approximate surface area is 125 Å². The summed E-state index contributed by atoms with van der Waals surface area (Å²) in [4.78, 5) is 0. The van der Waals surface area contributed by atoms with E-state index in [1.807, 2.05) is 13.0 Å². The van der Waals surface area contributed by atoms with Gasteiger partial charge in [0.1, 0.15) is 6.07 Å². The molecule has 0 heterocycles. The molecule has 20 heavy (non-hydrogen) atoms. The zero-order valence-electron chi connectivity index (χ0n) is 10.8. The van der Waals surface area contributed by atoms with Crippen LogP contribution in [0.3, 0.4) is 0 Å². The van der Waals surface area contributed by atoms with Crippen LogP contribution < -0.4 is 20.9 Å². The second-order valence-corrected chi connectivity index (χ2v) is 4.33. The smallest absolute Gasteiger partial charge is 0.211 e. The first-order chi connectivity index (χ1) is 9.58. The van der Waals surface area contributed by atoms with Crippen molar-refractivity contribution in [1.82, 2.24) is 0 Å². The summed E-state index contributed by atoms with van der Waals surface area (Å²) in [5.74, 6) is 0.843. The maximum absolute atomic E-state index is 8.57. The van der Waals surface area contributed by atoms with Gasteiger partial charge in [-0.3, -0.25) is 0 Å². The summed E-state index contributed by atoms with van der Waals surface area (Å²) in [5.41, 5.74) is 11.1. The van der Waals surface area contributed by atoms with E-state index < -0.39 is 0 Å². The molecule has 1 aromatic carbocycles. The normalized spacial score (nSPS) is 10.1. The molecular formula is C12H14BrN5O2. The number of nitriles is 1. The molecule has 0 bridgehead atoms. The van der Waals surface area contributed by atoms with Crippen molar-refractivity contribution in [3.63, 3.8) is 0 Å². The predicted octanol–water partition coefficient (Wildman–Crippen LogP) is 1.36. The average Bonchev–Trinajstić information content (AvgIpc) is 2.38. The maximum atomic E-state index is 8.57. The van der Waals surface area contributed by atoms with E-state index in [0.29, 0.717) is 22.6 Å². The molecular weight excluding hydrogens is 326 g/mol. The first-order valence-electron chi connectivity index (χ1n) is 5.66. The highest BCUT2D eigenvalue weighted by Gasteiger charge is 2.11. The SMILES string of the molecule is CCOc1cc(C=NN=C(N)N)cc(Br)c1OCC#N. The Morgan fingerprint density at radius 1 is 1.45 bits per heavy atom. The Morgan fingerprint density at radius 2 is 2.20 bits per heavy atom. The van der Waals surface area contributed by atoms with E-state index in [0.717, 1.165) is 5.56 Å². The zero-order chi connectivity index (χ0) is 15.0. The number of rotatable bonds is 6. The minimum absolute atomic E-state index is 0.0693. The van der Waals surface area contributed by atoms with Crippen LogP contribution in [0, 0.1) is 11.3 Å². The molecule has 1 aromatic rings. The van der Waals surface area contributed by atoms with Crippen molar-refractivity contribution in [2.75, 3.05) is 13.2 Å². The average molecular weight is 340 g/mol. The number of benzene rings is 1. The van der Waals surface area contributed by atoms with Crippen molar-refractivity contribution in [2.24, 2.45) is 21.7 Å². The molecule has 8 heteroatoms. The number of nitrogens with zero attached hydrogens (tertiary/aromatic N) is 3. The molecule has 0 fully saturated rings. The van der Waals surface area contributed by atoms with Crippen molar-refractivity contribution < 1.29 is 9.47 Å². The summed E-state index contributed by atoms with van der Waals surface area (Å²) in [6.45, 7) is 2.24. The second-order valence-electron chi connectivity index (χ2n) is 3.48. The van der Waals surface area contributed by atoms with Crippen LogP contribution >= 0.6 is 15.9 Å². The van der Waals surface area contributed by atoms with Crippen LogP contribution in [0.2, 0.25) is 0 Å². The highest BCUT2D eigenvalue weighted by Crippen LogP contribution is 2.36. The zero-order valence-corrected chi connectivity index (χ0v) is 12.4. The Balaban J connectivity index is 3.09. The van der Waals surface area contributed by atoms with Crippen molar-refractivity contribution in [3.05, 3.63) is 22.2 Å². The lowest BCUT2D eigenvalue weighted by Crippen LogP contribution is -2.21. The highest BCUT2D eigenvalue weighted by atomic mass is 79.9. The van der Waals surface area contributed by atoms with E-state index >= 15 is 0 Å². The van der Waals surface area contributed by atoms with Gasteiger partial charge in [-0.15, -0.1) is 5.10 Å². The van der Waals surface area contributed by atoms with Crippen molar-refractivity contribution >= 4 is 28.1 Å². The van der Waals surface area contributed by atoms with Crippen LogP contribution in [0.5, 0.6) is 11.5 Å². The van der Waals surface area contributed by atoms with Crippen LogP contribution in [0.25, 0.3) is 0 Å². The summed E-state index contributed by atoms with van der Waals surface area (Å²) < 4.78 is 11.4. The van der Waals surface area contributed by atoms with E-state index in [1.165, 1.54) is 6.21 Å². The minimum atomic E-state index is -0.126. The third-order valence-corrected chi connectivity index (χ3v) is 2.58. The summed E-state index contributed by atoms with van der Waals surface area (Å²) in [7, 11) is 0. The van der Waals surface area contributed by atoms with Gasteiger partial charge in [-0.1, -0.05) is 0 Å². The highest BCUT2D eigenvalue weighted by molar-refractivity contribution is 9.10. The van der Waals surface area contributed by atoms with Gasteiger partial charge in [-0.2, -0.15) is 10.4 Å². The first kappa shape index (κ1) is 15.8. The Bertz CT molecular complexity index is 562. The van der Waals surface area contributed by atoms with Gasteiger partial charge in [0.15, 0.2) is 18.1 Å². The van der Waals surface area contributed by atoms with Gasteiger partial charge in [-0.25, -0.2) is 0 Å². The Morgan fingerprint density at radius 3 is 2.80 bits per heavy atom. The van der Waals surface area contributed by atoms with Crippen molar-refractivity contribution in [3.8, 4) is 17.6 Å². The van der Waals surface area contributed by atoms with E-state index in [2.05, 4.69) is 26.1 Å². The fourth-order valence-electron chi connectivity index (χ4n) is 1.33. The lowest BCUT2D eigenvalue weighted by atomic mass is 10.2. The topological polar surface area (TPSA) is 119 Å². The minimum Gasteiger partial charge on any atom is -0.490 e. The number of nitrogens with two attached hydrogens (primary N) is 2. The van der Waals surface area contributed by atoms with E-state index in [-0.39, 0.29) is 12.6 Å². The van der Waals surface area contributed by atoms with Gasteiger partial charge >= 0.3 is 0 Å². The number of hydrogen-bond acceptors (Lipinski definition) is 5. The van der Waals surface area contributed by atoms with Gasteiger partial charge in [0.2, 0.25) is 5.96 Å². The summed E-state index contributed by atoms with van der Waals surface area (Å²) >= 11 is 3.36. The standard InChI is InChI=1S/C12H14BrN5O2/c1-2-19-10-6-8(7-17-18-12(15)16)5-9(13)11(10)20-4-3-14/h5-7H,2,4H2,1H3,(H4,15,16,18). The maximum Gasteiger partial charge on any atom is 0.211 e. The summed E-state index contributed by atoms with van der Waals surface area (Å²) in [6.07, 6.45) is 1.47. The molecule has 0 saturated carbocycles. The third kappa shape index (κ3) is 4.78. The lowest BCUT2D eigenvalue weighted by molar-refractivity contribution is 0.297. The van der Waals surface area contributed by atoms with Crippen molar-refractivity contribution in [2.45, 2.75) is 6.92 Å². The number of halogens is 1. The number of ether oxygens (including phenoxy) is 2. The molecule has 0 aliphatic carbocycles. The van der Waals surface area contributed by atoms with Gasteiger partial charge < -0.3 is 20.9 Å². The first-order valence-corrected chi connectivity index (χ1v) is 6.45. The molecule has 0 aliphatic heterocycles. The van der Waals surface area contributed by atoms with Gasteiger partial charge in [0.25, 0.3) is 0 Å². The molecule has 106 valence electrons. The fourth-order valence-corrected chi connectivity index (χ4v) is 1.91. The second kappa shape index (κ2) is 8.01. The van der Waals surface area contributed by atoms with Crippen LogP contribution in [0.15, 0.2) is 26.8 Å². The van der Waals surface area contributed by atoms with Crippen LogP contribution in [0.4, 0.5) is 0 Å². The third-order valence-electron chi connectivity index (χ3n) is 1.99. The van der Waals surface area contributed by atoms with E-state index in [1.54, 1.807) is 12.1 Å². The molecule has 0 unspecified atom stereocenters. The molecule has 0 amide bonds. The van der Waals surface area contributed by atoms with Gasteiger partial charge in [-0.05, 0) is 40.5 Å². The lowest BCUT2D eigenvalue weighted by Gasteiger charge is -2.12. The molecule has 1 rings (SSSR count). The van der Waals surface area contributed by atoms with E-state index in [9.17, 15) is 0 Å². The Kier molecular flexibility index (Phi) is 6.32. The Hall–Kier alpha value is -2.27. The number of hydrogen-bond donors (Lipinski definition) is 2. The van der Waals surface area contributed by atoms with Crippen molar-refractivity contribution in [1.29, 1.82) is 5.26 Å². The van der Waals surface area contributed by atoms with Crippen LogP contribution in [0.1, 0.15) is 12.5 Å². The molecule has 0 radical (unpaired) electrons. The molecule has 0 atom stereocenters. The van der Waals surface area contributed by atoms with Gasteiger partial charge in [0, 0.05) is 0 Å². The van der Waals surface area contributed by atoms with Gasteiger partial charge in [0.05, 0.1) is 17.3 Å². The van der Waals surface area contributed by atoms with E-state index in [4.69, 9.17) is 26.2 Å². The summed E-state index contributed by atoms with van der Waals surface area (Å²) in [6, 6.07) is 5.37. The largest absolute Gasteiger partial charge is 0.490 e. The fraction of sp³-hybridized carbons (Fsp3) is 0.250. The van der Waals surface area contributed by atoms with Crippen LogP contribution in [-0.2, 0) is 0 Å². The molecule has 0 aliphatic rings. The monoisotopic (exact) mass is 339 g/mol. The number of guanidine groups is 1. The molecule has 0 saturated heterocycles. The predicted molar refractivity (Wildman–Crippen MR) is 79.8 cm³/mol. The van der Waals surface area contributed by atoms with Crippen LogP contribution in [-0.4, -0.2) is 25.4 Å². The molecule has 0 aromatic heterocycles. The summed E-state index contributed by atoms with van der Waals surface area (Å²) in [5, 5.41) is 15.8. The molecule has 7 nitrogen and oxygen atoms in total. The molecule has 4 N–H and O–H groups in total. The molecule has 0 spiro atoms. The quantitative estimate of drug-likeness (QED) is 0.460.